The lowest BCUT2D eigenvalue weighted by atomic mass is 9.93. The SMILES string of the molecule is Cc1cc(OCC(C)C)ccc1C(O)=C1C(=O)C(=O)N(CCCN(C)C)[C@H]1c1cccc([N+](=O)[O-])c1. The summed E-state index contributed by atoms with van der Waals surface area (Å²) in [6.07, 6.45) is 0.590. The summed E-state index contributed by atoms with van der Waals surface area (Å²) in [5.74, 6) is -0.878. The van der Waals surface area contributed by atoms with Gasteiger partial charge in [0.25, 0.3) is 17.4 Å². The molecule has 1 amide bonds. The number of nitro groups is 1. The van der Waals surface area contributed by atoms with Gasteiger partial charge in [-0.05, 0) is 69.2 Å². The van der Waals surface area contributed by atoms with Crippen LogP contribution in [0.3, 0.4) is 0 Å². The molecule has 1 fully saturated rings. The van der Waals surface area contributed by atoms with E-state index in [2.05, 4.69) is 0 Å². The van der Waals surface area contributed by atoms with E-state index in [-0.39, 0.29) is 23.6 Å². The third-order valence-corrected chi connectivity index (χ3v) is 5.98. The third-order valence-electron chi connectivity index (χ3n) is 5.98. The average Bonchev–Trinajstić information content (AvgIpc) is 3.07. The number of aryl methyl sites for hydroxylation is 1. The molecule has 1 N–H and O–H groups in total. The number of rotatable bonds is 10. The van der Waals surface area contributed by atoms with E-state index in [9.17, 15) is 24.8 Å². The summed E-state index contributed by atoms with van der Waals surface area (Å²) in [6, 6.07) is 10.0. The number of aliphatic hydroxyl groups is 1. The number of amides is 1. The Morgan fingerprint density at radius 1 is 1.19 bits per heavy atom. The van der Waals surface area contributed by atoms with Crippen LogP contribution < -0.4 is 4.74 Å². The molecule has 0 aromatic heterocycles. The van der Waals surface area contributed by atoms with Crippen LogP contribution in [-0.4, -0.2) is 65.3 Å². The van der Waals surface area contributed by atoms with Gasteiger partial charge in [-0.2, -0.15) is 0 Å². The van der Waals surface area contributed by atoms with Gasteiger partial charge in [-0.15, -0.1) is 0 Å². The van der Waals surface area contributed by atoms with Crippen LogP contribution in [0.25, 0.3) is 5.76 Å². The maximum atomic E-state index is 13.2. The zero-order valence-electron chi connectivity index (χ0n) is 21.4. The van der Waals surface area contributed by atoms with Gasteiger partial charge in [0.05, 0.1) is 23.1 Å². The van der Waals surface area contributed by atoms with E-state index in [1.165, 1.54) is 23.1 Å². The number of ketones is 1. The van der Waals surface area contributed by atoms with Crippen molar-refractivity contribution in [3.05, 3.63) is 74.8 Å². The van der Waals surface area contributed by atoms with Crippen LogP contribution >= 0.6 is 0 Å². The molecule has 9 heteroatoms. The minimum Gasteiger partial charge on any atom is -0.507 e. The van der Waals surface area contributed by atoms with E-state index in [4.69, 9.17) is 4.74 Å². The molecule has 1 saturated heterocycles. The van der Waals surface area contributed by atoms with E-state index in [1.807, 2.05) is 32.8 Å². The van der Waals surface area contributed by atoms with Gasteiger partial charge in [0, 0.05) is 24.2 Å². The van der Waals surface area contributed by atoms with E-state index in [0.29, 0.717) is 47.9 Å². The van der Waals surface area contributed by atoms with Crippen LogP contribution in [0.5, 0.6) is 5.75 Å². The van der Waals surface area contributed by atoms with Crippen molar-refractivity contribution in [2.24, 2.45) is 5.92 Å². The van der Waals surface area contributed by atoms with Gasteiger partial charge < -0.3 is 19.6 Å². The first-order valence-corrected chi connectivity index (χ1v) is 11.9. The molecule has 1 aliphatic rings. The topological polar surface area (TPSA) is 113 Å². The van der Waals surface area contributed by atoms with Gasteiger partial charge in [-0.3, -0.25) is 19.7 Å². The molecule has 0 unspecified atom stereocenters. The van der Waals surface area contributed by atoms with Crippen molar-refractivity contribution < 1.29 is 24.4 Å². The number of likely N-dealkylation sites (tertiary alicyclic amines) is 1. The predicted octanol–water partition coefficient (Wildman–Crippen LogP) is 4.31. The minimum atomic E-state index is -0.941. The number of nitro benzene ring substituents is 1. The molecule has 1 atom stereocenters. The zero-order chi connectivity index (χ0) is 26.6. The van der Waals surface area contributed by atoms with Gasteiger partial charge in [0.1, 0.15) is 11.5 Å². The van der Waals surface area contributed by atoms with Crippen LogP contribution in [0.2, 0.25) is 0 Å². The molecular weight excluding hydrogens is 462 g/mol. The number of carbonyl (C=O) groups excluding carboxylic acids is 2. The molecule has 9 nitrogen and oxygen atoms in total. The Morgan fingerprint density at radius 2 is 1.92 bits per heavy atom. The number of aliphatic hydroxyl groups excluding tert-OH is 1. The monoisotopic (exact) mass is 495 g/mol. The van der Waals surface area contributed by atoms with E-state index in [1.54, 1.807) is 31.2 Å². The van der Waals surface area contributed by atoms with Crippen LogP contribution in [-0.2, 0) is 9.59 Å². The second-order valence-corrected chi connectivity index (χ2v) is 9.68. The Bertz CT molecular complexity index is 1190. The zero-order valence-corrected chi connectivity index (χ0v) is 21.4. The fourth-order valence-electron chi connectivity index (χ4n) is 4.22. The lowest BCUT2D eigenvalue weighted by Gasteiger charge is -2.26. The lowest BCUT2D eigenvalue weighted by molar-refractivity contribution is -0.384. The quantitative estimate of drug-likeness (QED) is 0.172. The number of hydrogen-bond acceptors (Lipinski definition) is 7. The maximum absolute atomic E-state index is 13.2. The Kier molecular flexibility index (Phi) is 8.47. The van der Waals surface area contributed by atoms with E-state index >= 15 is 0 Å². The molecule has 0 saturated carbocycles. The number of carbonyl (C=O) groups is 2. The average molecular weight is 496 g/mol. The number of hydrogen-bond donors (Lipinski definition) is 1. The highest BCUT2D eigenvalue weighted by molar-refractivity contribution is 6.46. The maximum Gasteiger partial charge on any atom is 0.295 e. The van der Waals surface area contributed by atoms with Gasteiger partial charge in [0.15, 0.2) is 0 Å². The largest absolute Gasteiger partial charge is 0.507 e. The minimum absolute atomic E-state index is 0.0794. The molecule has 1 heterocycles. The van der Waals surface area contributed by atoms with Gasteiger partial charge in [0.2, 0.25) is 0 Å². The van der Waals surface area contributed by atoms with Crippen molar-refractivity contribution in [1.82, 2.24) is 9.80 Å². The van der Waals surface area contributed by atoms with Crippen LogP contribution in [0.15, 0.2) is 48.0 Å². The van der Waals surface area contributed by atoms with Gasteiger partial charge in [-0.1, -0.05) is 26.0 Å². The first kappa shape index (κ1) is 26.9. The van der Waals surface area contributed by atoms with Crippen LogP contribution in [0.4, 0.5) is 5.69 Å². The molecule has 36 heavy (non-hydrogen) atoms. The smallest absolute Gasteiger partial charge is 0.295 e. The molecule has 0 spiro atoms. The second kappa shape index (κ2) is 11.3. The third kappa shape index (κ3) is 5.91. The summed E-state index contributed by atoms with van der Waals surface area (Å²) < 4.78 is 5.76. The van der Waals surface area contributed by atoms with Crippen molar-refractivity contribution in [2.75, 3.05) is 33.8 Å². The normalized spacial score (nSPS) is 17.3. The fourth-order valence-corrected chi connectivity index (χ4v) is 4.22. The molecule has 2 aromatic carbocycles. The number of ether oxygens (including phenoxy) is 1. The summed E-state index contributed by atoms with van der Waals surface area (Å²) in [5.41, 5.74) is 1.22. The molecule has 1 aliphatic heterocycles. The number of non-ortho nitro benzene ring substituents is 1. The van der Waals surface area contributed by atoms with Crippen molar-refractivity contribution in [2.45, 2.75) is 33.2 Å². The fraction of sp³-hybridized carbons (Fsp3) is 0.407. The Balaban J connectivity index is 2.10. The summed E-state index contributed by atoms with van der Waals surface area (Å²) >= 11 is 0. The standard InChI is InChI=1S/C27H33N3O6/c1-17(2)16-36-21-10-11-22(18(3)14-21)25(31)23-24(19-8-6-9-20(15-19)30(34)35)29(27(33)26(23)32)13-7-12-28(4)5/h6,8-11,14-15,17,24,31H,7,12-13,16H2,1-5H3/t24-/m0/s1. The van der Waals surface area contributed by atoms with Crippen molar-refractivity contribution in [3.63, 3.8) is 0 Å². The first-order chi connectivity index (χ1) is 17.0. The molecule has 0 radical (unpaired) electrons. The highest BCUT2D eigenvalue weighted by atomic mass is 16.6. The molecule has 0 aliphatic carbocycles. The second-order valence-electron chi connectivity index (χ2n) is 9.68. The highest BCUT2D eigenvalue weighted by Gasteiger charge is 2.46. The van der Waals surface area contributed by atoms with Crippen molar-refractivity contribution in [1.29, 1.82) is 0 Å². The number of nitrogens with zero attached hydrogens (tertiary/aromatic N) is 3. The molecule has 2 aromatic rings. The van der Waals surface area contributed by atoms with Crippen LogP contribution in [0.1, 0.15) is 43.0 Å². The summed E-state index contributed by atoms with van der Waals surface area (Å²) in [7, 11) is 3.81. The molecule has 192 valence electrons. The Hall–Kier alpha value is -3.72. The number of Topliss-reactive ketones (excluding diaryl/α,β-unsaturated/α-hetero) is 1. The number of benzene rings is 2. The van der Waals surface area contributed by atoms with Crippen molar-refractivity contribution >= 4 is 23.1 Å². The summed E-state index contributed by atoms with van der Waals surface area (Å²) in [5, 5.41) is 22.8. The summed E-state index contributed by atoms with van der Waals surface area (Å²) in [4.78, 5) is 40.5. The summed E-state index contributed by atoms with van der Waals surface area (Å²) in [6.45, 7) is 7.34. The van der Waals surface area contributed by atoms with Gasteiger partial charge in [-0.25, -0.2) is 0 Å². The first-order valence-electron chi connectivity index (χ1n) is 11.9. The van der Waals surface area contributed by atoms with Crippen molar-refractivity contribution in [3.8, 4) is 5.75 Å². The Morgan fingerprint density at radius 3 is 2.53 bits per heavy atom. The van der Waals surface area contributed by atoms with E-state index in [0.717, 1.165) is 0 Å². The van der Waals surface area contributed by atoms with Gasteiger partial charge >= 0.3 is 0 Å². The predicted molar refractivity (Wildman–Crippen MR) is 137 cm³/mol. The highest BCUT2D eigenvalue weighted by Crippen LogP contribution is 2.41. The lowest BCUT2D eigenvalue weighted by Crippen LogP contribution is -2.32. The Labute approximate surface area is 211 Å². The van der Waals surface area contributed by atoms with E-state index < -0.39 is 22.7 Å². The molecule has 3 rings (SSSR count). The molecular formula is C27H33N3O6. The molecule has 0 bridgehead atoms. The van der Waals surface area contributed by atoms with Crippen LogP contribution in [0, 0.1) is 23.0 Å².